The van der Waals surface area contributed by atoms with E-state index in [9.17, 15) is 14.9 Å². The van der Waals surface area contributed by atoms with E-state index in [1.165, 1.54) is 6.92 Å². The van der Waals surface area contributed by atoms with Crippen LogP contribution in [-0.4, -0.2) is 29.8 Å². The molecular weight excluding hydrogens is 340 g/mol. The summed E-state index contributed by atoms with van der Waals surface area (Å²) in [5.41, 5.74) is 2.90. The molecule has 0 spiro atoms. The number of nitrogens with one attached hydrogen (secondary N) is 1. The first-order chi connectivity index (χ1) is 13.1. The number of anilines is 1. The molecule has 6 nitrogen and oxygen atoms in total. The number of nitrogens with zero attached hydrogens (tertiary/aromatic N) is 3. The van der Waals surface area contributed by atoms with Crippen molar-refractivity contribution in [1.82, 2.24) is 10.3 Å². The lowest BCUT2D eigenvalue weighted by Crippen LogP contribution is -2.40. The number of amides is 1. The van der Waals surface area contributed by atoms with Crippen molar-refractivity contribution in [2.45, 2.75) is 26.3 Å². The van der Waals surface area contributed by atoms with Gasteiger partial charge in [-0.2, -0.15) is 5.26 Å². The lowest BCUT2D eigenvalue weighted by molar-refractivity contribution is -0.125. The van der Waals surface area contributed by atoms with Crippen LogP contribution in [0.2, 0.25) is 0 Å². The molecule has 1 fully saturated rings. The lowest BCUT2D eigenvalue weighted by atomic mass is 9.94. The Morgan fingerprint density at radius 3 is 2.70 bits per heavy atom. The summed E-state index contributed by atoms with van der Waals surface area (Å²) in [5, 5.41) is 12.3. The summed E-state index contributed by atoms with van der Waals surface area (Å²) >= 11 is 0. The number of Topliss-reactive ketones (excluding diaryl/α,β-unsaturated/α-hetero) is 1. The summed E-state index contributed by atoms with van der Waals surface area (Å²) in [7, 11) is 0. The highest BCUT2D eigenvalue weighted by molar-refractivity contribution is 5.95. The van der Waals surface area contributed by atoms with E-state index in [1.807, 2.05) is 12.1 Å². The van der Waals surface area contributed by atoms with E-state index in [0.717, 1.165) is 11.3 Å². The van der Waals surface area contributed by atoms with E-state index in [4.69, 9.17) is 0 Å². The Morgan fingerprint density at radius 1 is 1.30 bits per heavy atom. The van der Waals surface area contributed by atoms with E-state index >= 15 is 0 Å². The number of aromatic nitrogens is 1. The lowest BCUT2D eigenvalue weighted by Gasteiger charge is -2.33. The molecule has 0 aliphatic carbocycles. The van der Waals surface area contributed by atoms with Crippen LogP contribution in [0.1, 0.15) is 41.3 Å². The molecule has 138 valence electrons. The molecule has 2 aromatic rings. The fraction of sp³-hybridized carbons (Fsp3) is 0.333. The molecule has 0 bridgehead atoms. The van der Waals surface area contributed by atoms with Gasteiger partial charge in [0.15, 0.2) is 5.78 Å². The minimum atomic E-state index is -0.0422. The molecule has 0 saturated carbocycles. The number of nitriles is 1. The van der Waals surface area contributed by atoms with Gasteiger partial charge in [-0.05, 0) is 49.6 Å². The van der Waals surface area contributed by atoms with Gasteiger partial charge in [-0.15, -0.1) is 0 Å². The van der Waals surface area contributed by atoms with Crippen molar-refractivity contribution in [2.75, 3.05) is 18.0 Å². The largest absolute Gasteiger partial charge is 0.370 e. The van der Waals surface area contributed by atoms with Crippen LogP contribution < -0.4 is 10.2 Å². The van der Waals surface area contributed by atoms with Crippen molar-refractivity contribution >= 4 is 17.4 Å². The van der Waals surface area contributed by atoms with Gasteiger partial charge in [0.25, 0.3) is 0 Å². The van der Waals surface area contributed by atoms with E-state index < -0.39 is 0 Å². The van der Waals surface area contributed by atoms with Crippen molar-refractivity contribution in [3.8, 4) is 6.07 Å². The number of benzene rings is 1. The average molecular weight is 362 g/mol. The van der Waals surface area contributed by atoms with Gasteiger partial charge in [-0.25, -0.2) is 0 Å². The highest BCUT2D eigenvalue weighted by Crippen LogP contribution is 2.27. The molecule has 0 radical (unpaired) electrons. The van der Waals surface area contributed by atoms with Crippen molar-refractivity contribution in [2.24, 2.45) is 5.92 Å². The van der Waals surface area contributed by atoms with E-state index in [0.29, 0.717) is 43.6 Å². The summed E-state index contributed by atoms with van der Waals surface area (Å²) in [5.74, 6) is -0.0126. The second-order valence-electron chi connectivity index (χ2n) is 6.74. The topological polar surface area (TPSA) is 86.1 Å². The van der Waals surface area contributed by atoms with Crippen LogP contribution in [-0.2, 0) is 11.3 Å². The molecule has 1 N–H and O–H groups in total. The molecule has 3 rings (SSSR count). The molecule has 1 saturated heterocycles. The molecule has 6 heteroatoms. The first-order valence-corrected chi connectivity index (χ1v) is 9.05. The number of carbonyl (C=O) groups excluding carboxylic acids is 2. The summed E-state index contributed by atoms with van der Waals surface area (Å²) in [6.07, 6.45) is 4.88. The maximum absolute atomic E-state index is 12.4. The fourth-order valence-corrected chi connectivity index (χ4v) is 3.33. The van der Waals surface area contributed by atoms with Gasteiger partial charge < -0.3 is 10.2 Å². The Balaban J connectivity index is 1.60. The Hall–Kier alpha value is -3.20. The molecule has 1 aromatic heterocycles. The number of rotatable bonds is 5. The van der Waals surface area contributed by atoms with Crippen molar-refractivity contribution < 1.29 is 9.59 Å². The normalized spacial score (nSPS) is 14.4. The summed E-state index contributed by atoms with van der Waals surface area (Å²) in [4.78, 5) is 30.2. The molecule has 1 aromatic carbocycles. The predicted octanol–water partition coefficient (Wildman–Crippen LogP) is 2.69. The van der Waals surface area contributed by atoms with Crippen molar-refractivity contribution in [3.63, 3.8) is 0 Å². The first-order valence-electron chi connectivity index (χ1n) is 9.05. The van der Waals surface area contributed by atoms with Gasteiger partial charge >= 0.3 is 0 Å². The summed E-state index contributed by atoms with van der Waals surface area (Å²) in [6, 6.07) is 11.1. The molecular formula is C21H22N4O2. The van der Waals surface area contributed by atoms with E-state index in [-0.39, 0.29) is 17.6 Å². The van der Waals surface area contributed by atoms with Crippen LogP contribution in [0.4, 0.5) is 5.69 Å². The Kier molecular flexibility index (Phi) is 5.82. The maximum Gasteiger partial charge on any atom is 0.223 e. The van der Waals surface area contributed by atoms with Crippen LogP contribution in [0.3, 0.4) is 0 Å². The monoisotopic (exact) mass is 362 g/mol. The van der Waals surface area contributed by atoms with Gasteiger partial charge in [-0.3, -0.25) is 14.6 Å². The van der Waals surface area contributed by atoms with Crippen molar-refractivity contribution in [3.05, 3.63) is 59.4 Å². The second-order valence-corrected chi connectivity index (χ2v) is 6.74. The number of pyridine rings is 1. The van der Waals surface area contributed by atoms with Gasteiger partial charge in [0, 0.05) is 43.5 Å². The van der Waals surface area contributed by atoms with Gasteiger partial charge in [-0.1, -0.05) is 6.07 Å². The number of carbonyl (C=O) groups is 2. The molecule has 2 heterocycles. The zero-order valence-electron chi connectivity index (χ0n) is 15.3. The van der Waals surface area contributed by atoms with Crippen molar-refractivity contribution in [1.29, 1.82) is 5.26 Å². The minimum Gasteiger partial charge on any atom is -0.370 e. The Bertz CT molecular complexity index is 865. The molecule has 27 heavy (non-hydrogen) atoms. The van der Waals surface area contributed by atoms with Gasteiger partial charge in [0.2, 0.25) is 5.91 Å². The molecule has 1 aliphatic rings. The van der Waals surface area contributed by atoms with Crippen LogP contribution >= 0.6 is 0 Å². The quantitative estimate of drug-likeness (QED) is 0.827. The third-order valence-electron chi connectivity index (χ3n) is 4.92. The van der Waals surface area contributed by atoms with Crippen LogP contribution in [0.15, 0.2) is 42.7 Å². The number of hydrogen-bond donors (Lipinski definition) is 1. The highest BCUT2D eigenvalue weighted by Gasteiger charge is 2.26. The average Bonchev–Trinajstić information content (AvgIpc) is 2.72. The highest BCUT2D eigenvalue weighted by atomic mass is 16.1. The fourth-order valence-electron chi connectivity index (χ4n) is 3.33. The zero-order chi connectivity index (χ0) is 19.2. The molecule has 0 atom stereocenters. The number of hydrogen-bond acceptors (Lipinski definition) is 5. The maximum atomic E-state index is 12.4. The second kappa shape index (κ2) is 8.45. The summed E-state index contributed by atoms with van der Waals surface area (Å²) < 4.78 is 0. The first kappa shape index (κ1) is 18.6. The van der Waals surface area contributed by atoms with Gasteiger partial charge in [0.1, 0.15) is 6.07 Å². The number of piperidine rings is 1. The van der Waals surface area contributed by atoms with E-state index in [2.05, 4.69) is 21.3 Å². The van der Waals surface area contributed by atoms with Crippen LogP contribution in [0.5, 0.6) is 0 Å². The SMILES string of the molecule is CC(=O)c1ccc(C#N)c(N2CCC(C(=O)NCc3cccnc3)CC2)c1. The Morgan fingerprint density at radius 2 is 2.07 bits per heavy atom. The van der Waals surface area contributed by atoms with Gasteiger partial charge in [0.05, 0.1) is 11.3 Å². The third-order valence-corrected chi connectivity index (χ3v) is 4.92. The molecule has 1 amide bonds. The number of ketones is 1. The molecule has 0 unspecified atom stereocenters. The summed E-state index contributed by atoms with van der Waals surface area (Å²) in [6.45, 7) is 3.36. The van der Waals surface area contributed by atoms with Crippen LogP contribution in [0.25, 0.3) is 0 Å². The van der Waals surface area contributed by atoms with E-state index in [1.54, 1.807) is 30.6 Å². The third kappa shape index (κ3) is 4.50. The minimum absolute atomic E-state index is 0.0228. The smallest absolute Gasteiger partial charge is 0.223 e. The standard InChI is InChI=1S/C21H22N4O2/c1-15(26)18-4-5-19(12-22)20(11-18)25-9-6-17(7-10-25)21(27)24-14-16-3-2-8-23-13-16/h2-5,8,11,13,17H,6-7,9-10,14H2,1H3,(H,24,27). The van der Waals surface area contributed by atoms with Crippen LogP contribution in [0, 0.1) is 17.2 Å². The molecule has 1 aliphatic heterocycles. The Labute approximate surface area is 158 Å². The predicted molar refractivity (Wildman–Crippen MR) is 102 cm³/mol. The zero-order valence-corrected chi connectivity index (χ0v) is 15.3.